The molecule has 0 saturated heterocycles. The molecule has 0 atom stereocenters. The Balaban J connectivity index is 2.69. The van der Waals surface area contributed by atoms with Gasteiger partial charge in [0.05, 0.1) is 6.54 Å². The average molecular weight is 177 g/mol. The minimum Gasteiger partial charge on any atom is -0.378 e. The number of ketones is 1. The van der Waals surface area contributed by atoms with Crippen molar-refractivity contribution in [3.8, 4) is 0 Å². The van der Waals surface area contributed by atoms with Gasteiger partial charge in [-0.2, -0.15) is 0 Å². The summed E-state index contributed by atoms with van der Waals surface area (Å²) in [5.74, 6) is 0.158. The second-order valence-corrected chi connectivity index (χ2v) is 3.07. The van der Waals surface area contributed by atoms with E-state index in [0.717, 1.165) is 12.1 Å². The Morgan fingerprint density at radius 3 is 2.69 bits per heavy atom. The normalized spacial score (nSPS) is 9.69. The molecule has 0 aromatic heterocycles. The van der Waals surface area contributed by atoms with Gasteiger partial charge in [0, 0.05) is 5.69 Å². The van der Waals surface area contributed by atoms with Crippen molar-refractivity contribution in [2.24, 2.45) is 0 Å². The van der Waals surface area contributed by atoms with Crippen molar-refractivity contribution in [1.29, 1.82) is 0 Å². The van der Waals surface area contributed by atoms with Crippen LogP contribution in [0.25, 0.3) is 0 Å². The predicted octanol–water partition coefficient (Wildman–Crippen LogP) is 2.25. The van der Waals surface area contributed by atoms with Crippen LogP contribution >= 0.6 is 0 Å². The number of aryl methyl sites for hydroxylation is 1. The van der Waals surface area contributed by atoms with Gasteiger partial charge in [-0.05, 0) is 25.0 Å². The molecule has 0 aliphatic heterocycles. The van der Waals surface area contributed by atoms with Crippen molar-refractivity contribution in [1.82, 2.24) is 0 Å². The summed E-state index contributed by atoms with van der Waals surface area (Å²) in [5, 5.41) is 3.11. The van der Waals surface area contributed by atoms with Gasteiger partial charge in [0.25, 0.3) is 0 Å². The number of hydrogen-bond donors (Lipinski definition) is 1. The molecular weight excluding hydrogens is 162 g/mol. The number of nitrogens with one attached hydrogen (secondary N) is 1. The van der Waals surface area contributed by atoms with E-state index in [-0.39, 0.29) is 5.78 Å². The molecule has 0 spiro atoms. The van der Waals surface area contributed by atoms with Crippen LogP contribution in [0.1, 0.15) is 19.4 Å². The van der Waals surface area contributed by atoms with Crippen molar-refractivity contribution in [3.05, 3.63) is 29.8 Å². The van der Waals surface area contributed by atoms with Crippen molar-refractivity contribution in [3.63, 3.8) is 0 Å². The van der Waals surface area contributed by atoms with E-state index in [9.17, 15) is 4.79 Å². The zero-order chi connectivity index (χ0) is 9.68. The fraction of sp³-hybridized carbons (Fsp3) is 0.364. The Morgan fingerprint density at radius 1 is 1.38 bits per heavy atom. The number of hydrogen-bond acceptors (Lipinski definition) is 2. The highest BCUT2D eigenvalue weighted by Gasteiger charge is 1.98. The summed E-state index contributed by atoms with van der Waals surface area (Å²) in [6.45, 7) is 4.10. The summed E-state index contributed by atoms with van der Waals surface area (Å²) >= 11 is 0. The van der Waals surface area contributed by atoms with Crippen LogP contribution in [0, 0.1) is 0 Å². The van der Waals surface area contributed by atoms with E-state index in [0.29, 0.717) is 6.54 Å². The van der Waals surface area contributed by atoms with Crippen molar-refractivity contribution < 1.29 is 4.79 Å². The first-order valence-electron chi connectivity index (χ1n) is 4.55. The number of benzene rings is 1. The van der Waals surface area contributed by atoms with Gasteiger partial charge in [-0.3, -0.25) is 4.79 Å². The number of carbonyl (C=O) groups is 1. The molecule has 1 N–H and O–H groups in total. The fourth-order valence-electron chi connectivity index (χ4n) is 1.22. The lowest BCUT2D eigenvalue weighted by Gasteiger charge is -2.08. The number of Topliss-reactive ketones (excluding diaryl/α,β-unsaturated/α-hetero) is 1. The molecule has 0 heterocycles. The lowest BCUT2D eigenvalue weighted by molar-refractivity contribution is -0.115. The van der Waals surface area contributed by atoms with Crippen molar-refractivity contribution in [2.75, 3.05) is 11.9 Å². The van der Waals surface area contributed by atoms with Crippen LogP contribution in [0.4, 0.5) is 5.69 Å². The zero-order valence-corrected chi connectivity index (χ0v) is 8.13. The van der Waals surface area contributed by atoms with Gasteiger partial charge in [0.2, 0.25) is 0 Å². The van der Waals surface area contributed by atoms with E-state index in [1.807, 2.05) is 18.2 Å². The third-order valence-corrected chi connectivity index (χ3v) is 1.93. The van der Waals surface area contributed by atoms with Gasteiger partial charge in [0.1, 0.15) is 5.78 Å². The van der Waals surface area contributed by atoms with Crippen LogP contribution in [0.5, 0.6) is 0 Å². The maximum Gasteiger partial charge on any atom is 0.148 e. The van der Waals surface area contributed by atoms with Crippen molar-refractivity contribution >= 4 is 11.5 Å². The molecule has 1 aromatic carbocycles. The summed E-state index contributed by atoms with van der Waals surface area (Å²) in [6, 6.07) is 8.06. The van der Waals surface area contributed by atoms with E-state index < -0.39 is 0 Å². The second kappa shape index (κ2) is 4.65. The summed E-state index contributed by atoms with van der Waals surface area (Å²) in [5.41, 5.74) is 2.32. The number of carbonyl (C=O) groups excluding carboxylic acids is 1. The number of para-hydroxylation sites is 1. The standard InChI is InChI=1S/C11H15NO/c1-3-10-6-4-5-7-11(10)12-8-9(2)13/h4-7,12H,3,8H2,1-2H3. The van der Waals surface area contributed by atoms with Gasteiger partial charge in [-0.15, -0.1) is 0 Å². The molecule has 0 radical (unpaired) electrons. The lowest BCUT2D eigenvalue weighted by Crippen LogP contribution is -2.10. The highest BCUT2D eigenvalue weighted by Crippen LogP contribution is 2.14. The van der Waals surface area contributed by atoms with Crippen LogP contribution < -0.4 is 5.32 Å². The molecule has 0 aliphatic carbocycles. The van der Waals surface area contributed by atoms with E-state index in [2.05, 4.69) is 18.3 Å². The Kier molecular flexibility index (Phi) is 3.50. The molecule has 0 fully saturated rings. The smallest absolute Gasteiger partial charge is 0.148 e. The molecule has 2 heteroatoms. The summed E-state index contributed by atoms with van der Waals surface area (Å²) in [6.07, 6.45) is 0.987. The SMILES string of the molecule is CCc1ccccc1NCC(C)=O. The van der Waals surface area contributed by atoms with E-state index in [1.165, 1.54) is 5.56 Å². The van der Waals surface area contributed by atoms with Crippen LogP contribution in [0.2, 0.25) is 0 Å². The lowest BCUT2D eigenvalue weighted by atomic mass is 10.1. The van der Waals surface area contributed by atoms with Gasteiger partial charge in [-0.1, -0.05) is 25.1 Å². The zero-order valence-electron chi connectivity index (χ0n) is 8.13. The maximum absolute atomic E-state index is 10.8. The average Bonchev–Trinajstić information content (AvgIpc) is 2.15. The third kappa shape index (κ3) is 2.90. The molecule has 0 amide bonds. The van der Waals surface area contributed by atoms with E-state index in [4.69, 9.17) is 0 Å². The first-order chi connectivity index (χ1) is 6.24. The highest BCUT2D eigenvalue weighted by molar-refractivity contribution is 5.80. The summed E-state index contributed by atoms with van der Waals surface area (Å²) < 4.78 is 0. The third-order valence-electron chi connectivity index (χ3n) is 1.93. The van der Waals surface area contributed by atoms with Crippen LogP contribution in [-0.2, 0) is 11.2 Å². The van der Waals surface area contributed by atoms with E-state index in [1.54, 1.807) is 6.92 Å². The van der Waals surface area contributed by atoms with Gasteiger partial charge in [-0.25, -0.2) is 0 Å². The molecule has 13 heavy (non-hydrogen) atoms. The molecule has 2 nitrogen and oxygen atoms in total. The molecule has 70 valence electrons. The molecule has 0 saturated carbocycles. The molecule has 1 rings (SSSR count). The molecule has 0 bridgehead atoms. The minimum absolute atomic E-state index is 0.158. The molecule has 1 aromatic rings. The molecule has 0 aliphatic rings. The maximum atomic E-state index is 10.8. The fourth-order valence-corrected chi connectivity index (χ4v) is 1.22. The molecular formula is C11H15NO. The molecule has 0 unspecified atom stereocenters. The Hall–Kier alpha value is -1.31. The quantitative estimate of drug-likeness (QED) is 0.764. The number of rotatable bonds is 4. The van der Waals surface area contributed by atoms with Crippen LogP contribution in [0.3, 0.4) is 0 Å². The minimum atomic E-state index is 0.158. The number of anilines is 1. The largest absolute Gasteiger partial charge is 0.378 e. The predicted molar refractivity (Wildman–Crippen MR) is 55.0 cm³/mol. The Morgan fingerprint density at radius 2 is 2.08 bits per heavy atom. The first-order valence-corrected chi connectivity index (χ1v) is 4.55. The van der Waals surface area contributed by atoms with Gasteiger partial charge >= 0.3 is 0 Å². The van der Waals surface area contributed by atoms with E-state index >= 15 is 0 Å². The Bertz CT molecular complexity index is 294. The van der Waals surface area contributed by atoms with Crippen LogP contribution in [0.15, 0.2) is 24.3 Å². The Labute approximate surface area is 79.0 Å². The van der Waals surface area contributed by atoms with Gasteiger partial charge < -0.3 is 5.32 Å². The summed E-state index contributed by atoms with van der Waals surface area (Å²) in [7, 11) is 0. The monoisotopic (exact) mass is 177 g/mol. The first kappa shape index (κ1) is 9.78. The van der Waals surface area contributed by atoms with Crippen molar-refractivity contribution in [2.45, 2.75) is 20.3 Å². The highest BCUT2D eigenvalue weighted by atomic mass is 16.1. The van der Waals surface area contributed by atoms with Gasteiger partial charge in [0.15, 0.2) is 0 Å². The topological polar surface area (TPSA) is 29.1 Å². The summed E-state index contributed by atoms with van der Waals surface area (Å²) in [4.78, 5) is 10.8. The second-order valence-electron chi connectivity index (χ2n) is 3.07. The van der Waals surface area contributed by atoms with Crippen LogP contribution in [-0.4, -0.2) is 12.3 Å².